The molecule has 0 spiro atoms. The summed E-state index contributed by atoms with van der Waals surface area (Å²) in [7, 11) is 0. The first-order chi connectivity index (χ1) is 7.24. The van der Waals surface area contributed by atoms with Crippen LogP contribution in [-0.4, -0.2) is 9.55 Å². The van der Waals surface area contributed by atoms with Crippen LogP contribution in [0.3, 0.4) is 0 Å². The second-order valence-electron chi connectivity index (χ2n) is 3.22. The molecule has 2 rings (SSSR count). The molecule has 0 aliphatic heterocycles. The average molecular weight is 286 g/mol. The topological polar surface area (TPSA) is 17.8 Å². The Morgan fingerprint density at radius 1 is 1.47 bits per heavy atom. The molecule has 1 heterocycles. The van der Waals surface area contributed by atoms with Gasteiger partial charge >= 0.3 is 0 Å². The molecule has 0 unspecified atom stereocenters. The Morgan fingerprint density at radius 3 is 2.87 bits per heavy atom. The summed E-state index contributed by atoms with van der Waals surface area (Å²) >= 11 is 9.59. The highest BCUT2D eigenvalue weighted by molar-refractivity contribution is 9.08. The van der Waals surface area contributed by atoms with Gasteiger partial charge in [0, 0.05) is 28.3 Å². The third-order valence-corrected chi connectivity index (χ3v) is 3.23. The number of nitrogens with zero attached hydrogens (tertiary/aromatic N) is 2. The van der Waals surface area contributed by atoms with Crippen molar-refractivity contribution in [3.63, 3.8) is 0 Å². The van der Waals surface area contributed by atoms with Gasteiger partial charge in [0.05, 0.1) is 5.69 Å². The van der Waals surface area contributed by atoms with Gasteiger partial charge in [0.25, 0.3) is 0 Å². The molecule has 1 aromatic heterocycles. The fourth-order valence-corrected chi connectivity index (χ4v) is 2.52. The zero-order chi connectivity index (χ0) is 10.8. The monoisotopic (exact) mass is 284 g/mol. The molecule has 0 saturated heterocycles. The van der Waals surface area contributed by atoms with Gasteiger partial charge in [-0.1, -0.05) is 33.6 Å². The summed E-state index contributed by atoms with van der Waals surface area (Å²) < 4.78 is 2.03. The van der Waals surface area contributed by atoms with Crippen LogP contribution in [-0.2, 0) is 5.33 Å². The second kappa shape index (κ2) is 4.37. The van der Waals surface area contributed by atoms with E-state index in [0.29, 0.717) is 0 Å². The normalized spacial score (nSPS) is 10.6. The maximum Gasteiger partial charge on any atom is 0.110 e. The summed E-state index contributed by atoms with van der Waals surface area (Å²) in [6.07, 6.45) is 3.72. The lowest BCUT2D eigenvalue weighted by Gasteiger charge is -2.11. The second-order valence-corrected chi connectivity index (χ2v) is 4.18. The first kappa shape index (κ1) is 10.7. The van der Waals surface area contributed by atoms with Crippen LogP contribution >= 0.6 is 27.5 Å². The number of hydrogen-bond acceptors (Lipinski definition) is 1. The molecule has 15 heavy (non-hydrogen) atoms. The van der Waals surface area contributed by atoms with Gasteiger partial charge in [-0.15, -0.1) is 0 Å². The smallest absolute Gasteiger partial charge is 0.110 e. The van der Waals surface area contributed by atoms with Crippen molar-refractivity contribution in [2.75, 3.05) is 0 Å². The Hall–Kier alpha value is -0.800. The molecule has 0 N–H and O–H groups in total. The minimum atomic E-state index is 0.736. The van der Waals surface area contributed by atoms with Crippen molar-refractivity contribution in [2.45, 2.75) is 12.3 Å². The third-order valence-electron chi connectivity index (χ3n) is 2.31. The van der Waals surface area contributed by atoms with E-state index in [9.17, 15) is 0 Å². The number of hydrogen-bond donors (Lipinski definition) is 0. The first-order valence-corrected chi connectivity index (χ1v) is 6.07. The first-order valence-electron chi connectivity index (χ1n) is 4.57. The lowest BCUT2D eigenvalue weighted by Crippen LogP contribution is -1.99. The van der Waals surface area contributed by atoms with Crippen molar-refractivity contribution < 1.29 is 0 Å². The van der Waals surface area contributed by atoms with E-state index in [1.807, 2.05) is 35.9 Å². The van der Waals surface area contributed by atoms with Crippen molar-refractivity contribution in [2.24, 2.45) is 0 Å². The van der Waals surface area contributed by atoms with Crippen LogP contribution in [0.4, 0.5) is 0 Å². The van der Waals surface area contributed by atoms with Crippen LogP contribution < -0.4 is 0 Å². The molecule has 0 radical (unpaired) electrons. The van der Waals surface area contributed by atoms with E-state index in [1.165, 1.54) is 0 Å². The zero-order valence-electron chi connectivity index (χ0n) is 8.24. The predicted octanol–water partition coefficient (Wildman–Crippen LogP) is 3.73. The van der Waals surface area contributed by atoms with Gasteiger partial charge in [0.2, 0.25) is 0 Å². The average Bonchev–Trinajstić information content (AvgIpc) is 2.64. The summed E-state index contributed by atoms with van der Waals surface area (Å²) in [5, 5.41) is 1.51. The summed E-state index contributed by atoms with van der Waals surface area (Å²) in [6.45, 7) is 1.97. The molecule has 0 aliphatic carbocycles. The van der Waals surface area contributed by atoms with Crippen molar-refractivity contribution in [1.29, 1.82) is 0 Å². The largest absolute Gasteiger partial charge is 0.304 e. The highest BCUT2D eigenvalue weighted by Crippen LogP contribution is 2.26. The quantitative estimate of drug-likeness (QED) is 0.769. The van der Waals surface area contributed by atoms with Crippen molar-refractivity contribution >= 4 is 27.5 Å². The summed E-state index contributed by atoms with van der Waals surface area (Å²) in [4.78, 5) is 4.20. The van der Waals surface area contributed by atoms with Gasteiger partial charge in [-0.05, 0) is 19.1 Å². The number of aromatic nitrogens is 2. The molecule has 0 fully saturated rings. The maximum absolute atomic E-state index is 6.14. The Balaban J connectivity index is 2.63. The fourth-order valence-electron chi connectivity index (χ4n) is 1.54. The van der Waals surface area contributed by atoms with Crippen LogP contribution in [0.25, 0.3) is 5.69 Å². The van der Waals surface area contributed by atoms with E-state index in [1.54, 1.807) is 6.20 Å². The molecular weight excluding hydrogens is 275 g/mol. The van der Waals surface area contributed by atoms with Crippen molar-refractivity contribution in [1.82, 2.24) is 9.55 Å². The van der Waals surface area contributed by atoms with Crippen molar-refractivity contribution in [3.8, 4) is 5.69 Å². The van der Waals surface area contributed by atoms with Crippen LogP contribution in [0.5, 0.6) is 0 Å². The van der Waals surface area contributed by atoms with E-state index in [-0.39, 0.29) is 0 Å². The molecule has 2 aromatic rings. The van der Waals surface area contributed by atoms with E-state index in [0.717, 1.165) is 27.4 Å². The number of benzene rings is 1. The van der Waals surface area contributed by atoms with Gasteiger partial charge < -0.3 is 4.57 Å². The van der Waals surface area contributed by atoms with Gasteiger partial charge in [-0.25, -0.2) is 4.98 Å². The molecular formula is C11H10BrClN2. The van der Waals surface area contributed by atoms with Crippen LogP contribution in [0, 0.1) is 6.92 Å². The molecule has 1 aromatic carbocycles. The SMILES string of the molecule is Cc1nccn1-c1cccc(Cl)c1CBr. The molecule has 4 heteroatoms. The van der Waals surface area contributed by atoms with Gasteiger partial charge in [0.15, 0.2) is 0 Å². The molecule has 0 aliphatic rings. The predicted molar refractivity (Wildman–Crippen MR) is 65.9 cm³/mol. The number of imidazole rings is 1. The van der Waals surface area contributed by atoms with Crippen molar-refractivity contribution in [3.05, 3.63) is 47.0 Å². The van der Waals surface area contributed by atoms with Gasteiger partial charge in [-0.2, -0.15) is 0 Å². The zero-order valence-corrected chi connectivity index (χ0v) is 10.6. The summed E-state index contributed by atoms with van der Waals surface area (Å²) in [5.74, 6) is 0.958. The molecule has 2 nitrogen and oxygen atoms in total. The number of rotatable bonds is 2. The number of aryl methyl sites for hydroxylation is 1. The third kappa shape index (κ3) is 1.94. The van der Waals surface area contributed by atoms with Crippen LogP contribution in [0.15, 0.2) is 30.6 Å². The minimum Gasteiger partial charge on any atom is -0.304 e. The summed E-state index contributed by atoms with van der Waals surface area (Å²) in [5.41, 5.74) is 2.16. The Morgan fingerprint density at radius 2 is 2.27 bits per heavy atom. The Labute approximate surface area is 102 Å². The Bertz CT molecular complexity index is 479. The van der Waals surface area contributed by atoms with E-state index in [2.05, 4.69) is 20.9 Å². The molecule has 0 saturated carbocycles. The highest BCUT2D eigenvalue weighted by atomic mass is 79.9. The number of halogens is 2. The molecule has 0 atom stereocenters. The molecule has 78 valence electrons. The van der Waals surface area contributed by atoms with E-state index >= 15 is 0 Å². The Kier molecular flexibility index (Phi) is 3.12. The molecule has 0 amide bonds. The fraction of sp³-hybridized carbons (Fsp3) is 0.182. The maximum atomic E-state index is 6.14. The standard InChI is InChI=1S/C11H10BrClN2/c1-8-14-5-6-15(8)11-4-2-3-10(13)9(11)7-12/h2-6H,7H2,1H3. The van der Waals surface area contributed by atoms with Gasteiger partial charge in [-0.3, -0.25) is 0 Å². The lowest BCUT2D eigenvalue weighted by molar-refractivity contribution is 0.963. The highest BCUT2D eigenvalue weighted by Gasteiger charge is 2.08. The minimum absolute atomic E-state index is 0.736. The van der Waals surface area contributed by atoms with Crippen LogP contribution in [0.1, 0.15) is 11.4 Å². The van der Waals surface area contributed by atoms with Gasteiger partial charge in [0.1, 0.15) is 5.82 Å². The van der Waals surface area contributed by atoms with E-state index < -0.39 is 0 Å². The lowest BCUT2D eigenvalue weighted by atomic mass is 10.2. The van der Waals surface area contributed by atoms with E-state index in [4.69, 9.17) is 11.6 Å². The molecule has 0 bridgehead atoms. The summed E-state index contributed by atoms with van der Waals surface area (Å²) in [6, 6.07) is 5.88. The van der Waals surface area contributed by atoms with Crippen LogP contribution in [0.2, 0.25) is 5.02 Å². The number of alkyl halides is 1.